The van der Waals surface area contributed by atoms with Gasteiger partial charge in [-0.1, -0.05) is 50.6 Å². The van der Waals surface area contributed by atoms with E-state index in [-0.39, 0.29) is 34.2 Å². The maximum atomic E-state index is 14.1. The van der Waals surface area contributed by atoms with E-state index in [4.69, 9.17) is 21.1 Å². The topological polar surface area (TPSA) is 104 Å². The Morgan fingerprint density at radius 2 is 1.85 bits per heavy atom. The van der Waals surface area contributed by atoms with E-state index in [0.29, 0.717) is 5.82 Å². The second-order valence-electron chi connectivity index (χ2n) is 9.64. The average molecular weight is 558 g/mol. The third-order valence-corrected chi connectivity index (χ3v) is 5.74. The number of aromatic amines is 1. The number of aliphatic imine (C=N–C) groups is 1. The number of nitrogens with zero attached hydrogens (tertiary/aromatic N) is 4. The minimum Gasteiger partial charge on any atom is -0.463 e. The maximum absolute atomic E-state index is 14.1. The number of benzene rings is 2. The first-order valence-electron chi connectivity index (χ1n) is 11.7. The smallest absolute Gasteiger partial charge is 0.437 e. The molecule has 1 aliphatic rings. The van der Waals surface area contributed by atoms with E-state index < -0.39 is 34.8 Å². The molecule has 2 aromatic carbocycles. The van der Waals surface area contributed by atoms with Crippen molar-refractivity contribution >= 4 is 17.9 Å². The number of halogens is 4. The van der Waals surface area contributed by atoms with Crippen LogP contribution in [0, 0.1) is 11.3 Å². The van der Waals surface area contributed by atoms with Gasteiger partial charge < -0.3 is 19.4 Å². The van der Waals surface area contributed by atoms with Crippen LogP contribution in [0.15, 0.2) is 76.0 Å². The lowest BCUT2D eigenvalue weighted by atomic mass is 9.96. The zero-order chi connectivity index (χ0) is 28.4. The molecule has 1 aliphatic heterocycles. The predicted octanol–water partition coefficient (Wildman–Crippen LogP) is 5.69. The van der Waals surface area contributed by atoms with Crippen molar-refractivity contribution in [3.05, 3.63) is 98.5 Å². The van der Waals surface area contributed by atoms with Gasteiger partial charge in [0.05, 0.1) is 30.1 Å². The molecule has 39 heavy (non-hydrogen) atoms. The second-order valence-corrected chi connectivity index (χ2v) is 10.1. The molecule has 0 spiro atoms. The van der Waals surface area contributed by atoms with Crippen molar-refractivity contribution in [2.24, 2.45) is 4.99 Å². The van der Waals surface area contributed by atoms with Crippen molar-refractivity contribution in [2.75, 3.05) is 0 Å². The van der Waals surface area contributed by atoms with Crippen molar-refractivity contribution in [3.63, 3.8) is 0 Å². The minimum absolute atomic E-state index is 0.0832. The summed E-state index contributed by atoms with van der Waals surface area (Å²) in [4.78, 5) is 24.8. The Kier molecular flexibility index (Phi) is 7.70. The molecule has 202 valence electrons. The summed E-state index contributed by atoms with van der Waals surface area (Å²) in [6, 6.07) is 13.9. The molecule has 0 amide bonds. The first kappa shape index (κ1) is 27.7. The van der Waals surface area contributed by atoms with Crippen LogP contribution in [0.1, 0.15) is 37.7 Å². The summed E-state index contributed by atoms with van der Waals surface area (Å²) in [5, 5.41) is 9.36. The molecule has 4 rings (SSSR count). The molecule has 1 N–H and O–H groups in total. The first-order chi connectivity index (χ1) is 18.3. The third-order valence-electron chi connectivity index (χ3n) is 5.52. The van der Waals surface area contributed by atoms with E-state index in [9.17, 15) is 23.2 Å². The fraction of sp³-hybridized carbons (Fsp3) is 0.259. The minimum atomic E-state index is -4.92. The van der Waals surface area contributed by atoms with Gasteiger partial charge in [0.2, 0.25) is 6.23 Å². The lowest BCUT2D eigenvalue weighted by Gasteiger charge is -2.35. The Morgan fingerprint density at radius 3 is 2.46 bits per heavy atom. The van der Waals surface area contributed by atoms with Gasteiger partial charge in [-0.25, -0.2) is 9.98 Å². The molecule has 0 saturated heterocycles. The molecule has 0 aliphatic carbocycles. The Balaban J connectivity index is 1.79. The Labute approximate surface area is 227 Å². The highest BCUT2D eigenvalue weighted by molar-refractivity contribution is 6.30. The van der Waals surface area contributed by atoms with Crippen molar-refractivity contribution in [3.8, 4) is 17.6 Å². The molecule has 0 bridgehead atoms. The fourth-order valence-electron chi connectivity index (χ4n) is 3.63. The molecule has 2 heterocycles. The van der Waals surface area contributed by atoms with Crippen LogP contribution >= 0.6 is 11.6 Å². The number of H-pyrrole nitrogens is 1. The van der Waals surface area contributed by atoms with Crippen LogP contribution in [0.4, 0.5) is 13.2 Å². The zero-order valence-electron chi connectivity index (χ0n) is 21.1. The predicted molar refractivity (Wildman–Crippen MR) is 138 cm³/mol. The quantitative estimate of drug-likeness (QED) is 0.417. The lowest BCUT2D eigenvalue weighted by molar-refractivity contribution is -0.0989. The van der Waals surface area contributed by atoms with Crippen molar-refractivity contribution < 1.29 is 22.6 Å². The van der Waals surface area contributed by atoms with Gasteiger partial charge in [0.15, 0.2) is 11.5 Å². The number of hydrogen-bond donors (Lipinski definition) is 1. The van der Waals surface area contributed by atoms with E-state index in [0.717, 1.165) is 6.34 Å². The van der Waals surface area contributed by atoms with Crippen molar-refractivity contribution in [2.45, 2.75) is 45.1 Å². The highest BCUT2D eigenvalue weighted by Crippen LogP contribution is 2.36. The highest BCUT2D eigenvalue weighted by atomic mass is 35.5. The van der Waals surface area contributed by atoms with Crippen LogP contribution in [-0.2, 0) is 12.0 Å². The van der Waals surface area contributed by atoms with Gasteiger partial charge in [0, 0.05) is 16.6 Å². The SMILES string of the molecule is CC(C)(C)c1ncc(CN2C=NC(C(F)(F)F)=C(Oc3cc(Cl)cc(C#N)c3)C2Oc2ccccc2)c(=O)[nH]1. The zero-order valence-corrected chi connectivity index (χ0v) is 21.8. The normalized spacial score (nSPS) is 15.7. The molecular weight excluding hydrogens is 535 g/mol. The number of alkyl halides is 3. The largest absolute Gasteiger partial charge is 0.463 e. The summed E-state index contributed by atoms with van der Waals surface area (Å²) in [7, 11) is 0. The molecule has 3 aromatic rings. The molecule has 1 aromatic heterocycles. The molecule has 1 unspecified atom stereocenters. The van der Waals surface area contributed by atoms with Crippen LogP contribution in [0.25, 0.3) is 0 Å². The highest BCUT2D eigenvalue weighted by Gasteiger charge is 2.44. The molecule has 0 fully saturated rings. The number of rotatable bonds is 6. The van der Waals surface area contributed by atoms with E-state index in [2.05, 4.69) is 15.0 Å². The molecule has 0 radical (unpaired) electrons. The van der Waals surface area contributed by atoms with Crippen LogP contribution in [0.3, 0.4) is 0 Å². The molecule has 1 atom stereocenters. The molecular formula is C27H23ClF3N5O3. The Morgan fingerprint density at radius 1 is 1.13 bits per heavy atom. The van der Waals surface area contributed by atoms with Gasteiger partial charge >= 0.3 is 6.18 Å². The fourth-order valence-corrected chi connectivity index (χ4v) is 3.86. The number of nitrogens with one attached hydrogen (secondary N) is 1. The summed E-state index contributed by atoms with van der Waals surface area (Å²) < 4.78 is 54.1. The summed E-state index contributed by atoms with van der Waals surface area (Å²) in [6.07, 6.45) is -4.11. The van der Waals surface area contributed by atoms with Gasteiger partial charge in [-0.15, -0.1) is 0 Å². The van der Waals surface area contributed by atoms with E-state index in [1.165, 1.54) is 29.3 Å². The van der Waals surface area contributed by atoms with Crippen LogP contribution in [-0.4, -0.2) is 33.6 Å². The standard InChI is InChI=1S/C27H23ClF3N5O3/c1-26(2,3)25-33-13-17(23(37)35-25)14-36-15-34-22(27(29,30)31)21(24(36)39-19-7-5-4-6-8-19)38-20-10-16(12-32)9-18(28)11-20/h4-11,13,15,24H,14H2,1-3H3,(H,33,35,37). The van der Waals surface area contributed by atoms with Crippen LogP contribution in [0.5, 0.6) is 11.5 Å². The summed E-state index contributed by atoms with van der Waals surface area (Å²) >= 11 is 6.05. The van der Waals surface area contributed by atoms with E-state index in [1.54, 1.807) is 30.3 Å². The van der Waals surface area contributed by atoms with Gasteiger partial charge in [-0.05, 0) is 30.3 Å². The summed E-state index contributed by atoms with van der Waals surface area (Å²) in [5.74, 6) is -0.123. The Bertz CT molecular complexity index is 1520. The lowest BCUT2D eigenvalue weighted by Crippen LogP contribution is -2.46. The number of para-hydroxylation sites is 1. The van der Waals surface area contributed by atoms with Gasteiger partial charge in [0.25, 0.3) is 5.56 Å². The first-order valence-corrected chi connectivity index (χ1v) is 12.0. The maximum Gasteiger partial charge on any atom is 0.437 e. The van der Waals surface area contributed by atoms with Crippen LogP contribution < -0.4 is 15.0 Å². The monoisotopic (exact) mass is 557 g/mol. The van der Waals surface area contributed by atoms with E-state index in [1.807, 2.05) is 26.8 Å². The van der Waals surface area contributed by atoms with Gasteiger partial charge in [0.1, 0.15) is 17.3 Å². The number of allylic oxidation sites excluding steroid dienone is 1. The van der Waals surface area contributed by atoms with Crippen molar-refractivity contribution in [1.29, 1.82) is 5.26 Å². The average Bonchev–Trinajstić information content (AvgIpc) is 2.86. The third kappa shape index (κ3) is 6.59. The molecule has 0 saturated carbocycles. The molecule has 12 heteroatoms. The van der Waals surface area contributed by atoms with Crippen molar-refractivity contribution in [1.82, 2.24) is 14.9 Å². The second kappa shape index (κ2) is 10.8. The van der Waals surface area contributed by atoms with E-state index >= 15 is 0 Å². The number of ether oxygens (including phenoxy) is 2. The number of nitriles is 1. The van der Waals surface area contributed by atoms with Gasteiger partial charge in [-0.3, -0.25) is 4.79 Å². The summed E-state index contributed by atoms with van der Waals surface area (Å²) in [5.41, 5.74) is -1.97. The molecule has 8 nitrogen and oxygen atoms in total. The Hall–Kier alpha value is -4.30. The van der Waals surface area contributed by atoms with Crippen LogP contribution in [0.2, 0.25) is 5.02 Å². The number of aromatic nitrogens is 2. The summed E-state index contributed by atoms with van der Waals surface area (Å²) in [6.45, 7) is 5.44. The number of hydrogen-bond acceptors (Lipinski definition) is 7. The van der Waals surface area contributed by atoms with Gasteiger partial charge in [-0.2, -0.15) is 18.4 Å².